The van der Waals surface area contributed by atoms with Gasteiger partial charge in [-0.15, -0.1) is 0 Å². The van der Waals surface area contributed by atoms with Gasteiger partial charge in [-0.1, -0.05) is 13.8 Å². The number of aromatic nitrogens is 1. The molecule has 1 unspecified atom stereocenters. The molecule has 0 radical (unpaired) electrons. The summed E-state index contributed by atoms with van der Waals surface area (Å²) in [6, 6.07) is 2.23. The summed E-state index contributed by atoms with van der Waals surface area (Å²) in [6.07, 6.45) is 2.94. The Morgan fingerprint density at radius 1 is 1.33 bits per heavy atom. The Morgan fingerprint density at radius 2 is 2.00 bits per heavy atom. The molecule has 7 nitrogen and oxygen atoms in total. The largest absolute Gasteiger partial charge is 0.352 e. The van der Waals surface area contributed by atoms with Crippen molar-refractivity contribution in [3.8, 4) is 0 Å². The summed E-state index contributed by atoms with van der Waals surface area (Å²) in [5.41, 5.74) is -0.652. The highest BCUT2D eigenvalue weighted by Gasteiger charge is 2.12. The average Bonchev–Trinajstić information content (AvgIpc) is 2.38. The normalized spacial score (nSPS) is 12.2. The predicted molar refractivity (Wildman–Crippen MR) is 79.0 cm³/mol. The first-order valence-corrected chi connectivity index (χ1v) is 6.94. The van der Waals surface area contributed by atoms with Gasteiger partial charge in [0.1, 0.15) is 6.54 Å². The topological polar surface area (TPSA) is 94.2 Å². The van der Waals surface area contributed by atoms with Crippen LogP contribution in [0, 0.1) is 16.0 Å². The van der Waals surface area contributed by atoms with Gasteiger partial charge in [0.05, 0.1) is 11.1 Å². The minimum atomic E-state index is -0.598. The molecule has 1 aromatic heterocycles. The summed E-state index contributed by atoms with van der Waals surface area (Å²) in [7, 11) is 0. The molecular weight excluding hydrogens is 274 g/mol. The van der Waals surface area contributed by atoms with Crippen LogP contribution in [-0.2, 0) is 11.3 Å². The second kappa shape index (κ2) is 7.56. The van der Waals surface area contributed by atoms with E-state index in [1.165, 1.54) is 0 Å². The molecule has 1 heterocycles. The average molecular weight is 295 g/mol. The second-order valence-electron chi connectivity index (χ2n) is 5.55. The maximum Gasteiger partial charge on any atom is 0.285 e. The molecule has 0 aromatic carbocycles. The van der Waals surface area contributed by atoms with Crippen LogP contribution in [0.4, 0.5) is 5.69 Å². The molecule has 0 aliphatic carbocycles. The van der Waals surface area contributed by atoms with Gasteiger partial charge >= 0.3 is 0 Å². The summed E-state index contributed by atoms with van der Waals surface area (Å²) in [4.78, 5) is 33.5. The van der Waals surface area contributed by atoms with Crippen molar-refractivity contribution in [1.82, 2.24) is 9.88 Å². The van der Waals surface area contributed by atoms with E-state index in [4.69, 9.17) is 0 Å². The fraction of sp³-hybridized carbons (Fsp3) is 0.571. The third-order valence-electron chi connectivity index (χ3n) is 3.08. The Kier molecular flexibility index (Phi) is 6.08. The SMILES string of the molecule is CC(C)CCC(C)NC(=O)Cn1cc([N+](=O)[O-])ccc1=O. The van der Waals surface area contributed by atoms with Crippen LogP contribution >= 0.6 is 0 Å². The lowest BCUT2D eigenvalue weighted by Gasteiger charge is -2.15. The van der Waals surface area contributed by atoms with Crippen LogP contribution in [0.15, 0.2) is 23.1 Å². The predicted octanol–water partition coefficient (Wildman–Crippen LogP) is 1.70. The van der Waals surface area contributed by atoms with E-state index in [1.807, 2.05) is 6.92 Å². The third-order valence-corrected chi connectivity index (χ3v) is 3.08. The highest BCUT2D eigenvalue weighted by atomic mass is 16.6. The molecule has 1 rings (SSSR count). The van der Waals surface area contributed by atoms with Crippen LogP contribution in [0.1, 0.15) is 33.6 Å². The lowest BCUT2D eigenvalue weighted by molar-refractivity contribution is -0.385. The molecule has 0 aliphatic heterocycles. The molecular formula is C14H21N3O4. The number of carbonyl (C=O) groups is 1. The monoisotopic (exact) mass is 295 g/mol. The fourth-order valence-corrected chi connectivity index (χ4v) is 1.88. The molecule has 1 atom stereocenters. The van der Waals surface area contributed by atoms with E-state index in [-0.39, 0.29) is 24.2 Å². The summed E-state index contributed by atoms with van der Waals surface area (Å²) in [6.45, 7) is 5.90. The van der Waals surface area contributed by atoms with Gasteiger partial charge in [-0.25, -0.2) is 0 Å². The van der Waals surface area contributed by atoms with Crippen LogP contribution < -0.4 is 10.9 Å². The molecule has 116 valence electrons. The quantitative estimate of drug-likeness (QED) is 0.612. The molecule has 0 fully saturated rings. The van der Waals surface area contributed by atoms with Crippen molar-refractivity contribution >= 4 is 11.6 Å². The molecule has 0 saturated heterocycles. The van der Waals surface area contributed by atoms with E-state index in [1.54, 1.807) is 0 Å². The van der Waals surface area contributed by atoms with E-state index >= 15 is 0 Å². The molecule has 7 heteroatoms. The van der Waals surface area contributed by atoms with E-state index in [2.05, 4.69) is 19.2 Å². The minimum Gasteiger partial charge on any atom is -0.352 e. The van der Waals surface area contributed by atoms with Crippen LogP contribution in [-0.4, -0.2) is 21.4 Å². The maximum absolute atomic E-state index is 11.9. The third kappa shape index (κ3) is 5.76. The smallest absolute Gasteiger partial charge is 0.285 e. The summed E-state index contributed by atoms with van der Waals surface area (Å²) < 4.78 is 1.04. The van der Waals surface area contributed by atoms with Gasteiger partial charge in [0.25, 0.3) is 11.2 Å². The van der Waals surface area contributed by atoms with Crippen molar-refractivity contribution in [3.05, 3.63) is 38.8 Å². The van der Waals surface area contributed by atoms with Gasteiger partial charge in [-0.3, -0.25) is 24.3 Å². The Morgan fingerprint density at radius 3 is 2.57 bits per heavy atom. The van der Waals surface area contributed by atoms with Crippen molar-refractivity contribution in [2.24, 2.45) is 5.92 Å². The van der Waals surface area contributed by atoms with Gasteiger partial charge in [0, 0.05) is 18.2 Å². The van der Waals surface area contributed by atoms with E-state index in [9.17, 15) is 19.7 Å². The minimum absolute atomic E-state index is 0.00861. The number of hydrogen-bond donors (Lipinski definition) is 1. The number of hydrogen-bond acceptors (Lipinski definition) is 4. The summed E-state index contributed by atoms with van der Waals surface area (Å²) in [5.74, 6) is 0.234. The fourth-order valence-electron chi connectivity index (χ4n) is 1.88. The maximum atomic E-state index is 11.9. The first kappa shape index (κ1) is 16.9. The Balaban J connectivity index is 2.64. The van der Waals surface area contributed by atoms with Gasteiger partial charge < -0.3 is 5.32 Å². The molecule has 0 bridgehead atoms. The Labute approximate surface area is 123 Å². The van der Waals surface area contributed by atoms with Crippen molar-refractivity contribution < 1.29 is 9.72 Å². The van der Waals surface area contributed by atoms with Crippen LogP contribution in [0.5, 0.6) is 0 Å². The van der Waals surface area contributed by atoms with Gasteiger partial charge in [-0.05, 0) is 25.7 Å². The molecule has 1 N–H and O–H groups in total. The number of amides is 1. The Bertz CT molecular complexity index is 566. The summed E-state index contributed by atoms with van der Waals surface area (Å²) >= 11 is 0. The number of carbonyl (C=O) groups excluding carboxylic acids is 1. The first-order valence-electron chi connectivity index (χ1n) is 6.94. The Hall–Kier alpha value is -2.18. The molecule has 1 amide bonds. The number of pyridine rings is 1. The van der Waals surface area contributed by atoms with Gasteiger partial charge in [0.15, 0.2) is 0 Å². The lowest BCUT2D eigenvalue weighted by atomic mass is 10.0. The van der Waals surface area contributed by atoms with Crippen molar-refractivity contribution in [2.45, 2.75) is 46.2 Å². The van der Waals surface area contributed by atoms with Crippen molar-refractivity contribution in [1.29, 1.82) is 0 Å². The van der Waals surface area contributed by atoms with Crippen LogP contribution in [0.2, 0.25) is 0 Å². The molecule has 0 saturated carbocycles. The van der Waals surface area contributed by atoms with Crippen molar-refractivity contribution in [2.75, 3.05) is 0 Å². The zero-order valence-corrected chi connectivity index (χ0v) is 12.5. The second-order valence-corrected chi connectivity index (χ2v) is 5.55. The van der Waals surface area contributed by atoms with Gasteiger partial charge in [0.2, 0.25) is 5.91 Å². The summed E-state index contributed by atoms with van der Waals surface area (Å²) in [5, 5.41) is 13.5. The molecule has 0 spiro atoms. The van der Waals surface area contributed by atoms with Crippen LogP contribution in [0.25, 0.3) is 0 Å². The number of rotatable bonds is 7. The molecule has 1 aromatic rings. The highest BCUT2D eigenvalue weighted by molar-refractivity contribution is 5.76. The first-order chi connectivity index (χ1) is 9.79. The van der Waals surface area contributed by atoms with E-state index < -0.39 is 10.5 Å². The standard InChI is InChI=1S/C14H21N3O4/c1-10(2)4-5-11(3)15-13(18)9-16-8-12(17(20)21)6-7-14(16)19/h6-8,10-11H,4-5,9H2,1-3H3,(H,15,18). The zero-order valence-electron chi connectivity index (χ0n) is 12.5. The lowest BCUT2D eigenvalue weighted by Crippen LogP contribution is -2.37. The number of nitro groups is 1. The zero-order chi connectivity index (χ0) is 16.0. The molecule has 21 heavy (non-hydrogen) atoms. The van der Waals surface area contributed by atoms with E-state index in [0.717, 1.165) is 35.7 Å². The van der Waals surface area contributed by atoms with Crippen LogP contribution in [0.3, 0.4) is 0 Å². The number of nitrogens with one attached hydrogen (secondary N) is 1. The van der Waals surface area contributed by atoms with Crippen molar-refractivity contribution in [3.63, 3.8) is 0 Å². The number of nitrogens with zero attached hydrogens (tertiary/aromatic N) is 2. The highest BCUT2D eigenvalue weighted by Crippen LogP contribution is 2.07. The molecule has 0 aliphatic rings. The van der Waals surface area contributed by atoms with Gasteiger partial charge in [-0.2, -0.15) is 0 Å². The van der Waals surface area contributed by atoms with E-state index in [0.29, 0.717) is 5.92 Å².